The first-order chi connectivity index (χ1) is 9.79. The highest BCUT2D eigenvalue weighted by Crippen LogP contribution is 2.35. The number of hydrogen-bond acceptors (Lipinski definition) is 5. The average molecular weight is 273 g/mol. The van der Waals surface area contributed by atoms with Gasteiger partial charge in [-0.05, 0) is 28.8 Å². The number of benzene rings is 1. The summed E-state index contributed by atoms with van der Waals surface area (Å²) in [7, 11) is 1.86. The molecule has 1 fully saturated rings. The molecular formula is C14H19N5O. The maximum Gasteiger partial charge on any atom is 0.168 e. The van der Waals surface area contributed by atoms with Crippen molar-refractivity contribution in [3.63, 3.8) is 0 Å². The minimum atomic E-state index is 0.173. The molecule has 1 aromatic carbocycles. The zero-order chi connectivity index (χ0) is 13.9. The number of aliphatic hydroxyl groups is 1. The lowest BCUT2D eigenvalue weighted by atomic mass is 10.1. The van der Waals surface area contributed by atoms with E-state index >= 15 is 0 Å². The van der Waals surface area contributed by atoms with Crippen LogP contribution < -0.4 is 0 Å². The zero-order valence-electron chi connectivity index (χ0n) is 11.6. The Labute approximate surface area is 118 Å². The van der Waals surface area contributed by atoms with Crippen LogP contribution in [-0.4, -0.2) is 42.9 Å². The molecule has 106 valence electrons. The minimum Gasteiger partial charge on any atom is -0.395 e. The highest BCUT2D eigenvalue weighted by atomic mass is 16.3. The second-order valence-electron chi connectivity index (χ2n) is 5.25. The topological polar surface area (TPSA) is 67.1 Å². The van der Waals surface area contributed by atoms with E-state index in [2.05, 4.69) is 32.6 Å². The van der Waals surface area contributed by atoms with Gasteiger partial charge >= 0.3 is 0 Å². The second-order valence-corrected chi connectivity index (χ2v) is 5.25. The van der Waals surface area contributed by atoms with Crippen LogP contribution >= 0.6 is 0 Å². The summed E-state index contributed by atoms with van der Waals surface area (Å²) in [4.78, 5) is 2.31. The largest absolute Gasteiger partial charge is 0.395 e. The van der Waals surface area contributed by atoms with Gasteiger partial charge in [0.15, 0.2) is 5.82 Å². The molecule has 1 aromatic heterocycles. The van der Waals surface area contributed by atoms with Crippen molar-refractivity contribution in [3.05, 3.63) is 41.7 Å². The molecule has 0 amide bonds. The summed E-state index contributed by atoms with van der Waals surface area (Å²) in [6, 6.07) is 10.7. The van der Waals surface area contributed by atoms with E-state index in [9.17, 15) is 5.11 Å². The number of tetrazole rings is 1. The summed E-state index contributed by atoms with van der Waals surface area (Å²) in [5.74, 6) is 0.872. The number of rotatable bonds is 4. The van der Waals surface area contributed by atoms with Gasteiger partial charge in [0.05, 0.1) is 12.6 Å². The van der Waals surface area contributed by atoms with E-state index in [-0.39, 0.29) is 18.7 Å². The fraction of sp³-hybridized carbons (Fsp3) is 0.500. The molecule has 1 aliphatic heterocycles. The van der Waals surface area contributed by atoms with E-state index in [0.29, 0.717) is 0 Å². The summed E-state index contributed by atoms with van der Waals surface area (Å²) in [5, 5.41) is 21.4. The van der Waals surface area contributed by atoms with Gasteiger partial charge < -0.3 is 5.11 Å². The lowest BCUT2D eigenvalue weighted by Crippen LogP contribution is -2.34. The molecule has 2 aromatic rings. The molecule has 0 saturated carbocycles. The van der Waals surface area contributed by atoms with Gasteiger partial charge in [-0.1, -0.05) is 30.3 Å². The van der Waals surface area contributed by atoms with Crippen molar-refractivity contribution in [2.75, 3.05) is 6.61 Å². The zero-order valence-corrected chi connectivity index (χ0v) is 11.6. The molecule has 0 spiro atoms. The molecule has 2 heterocycles. The number of aromatic nitrogens is 4. The Kier molecular flexibility index (Phi) is 3.75. The molecule has 2 atom stereocenters. The third kappa shape index (κ3) is 2.44. The van der Waals surface area contributed by atoms with Crippen LogP contribution in [0.4, 0.5) is 0 Å². The first-order valence-electron chi connectivity index (χ1n) is 6.92. The number of aliphatic hydroxyl groups excluding tert-OH is 1. The van der Waals surface area contributed by atoms with Gasteiger partial charge in [-0.2, -0.15) is 0 Å². The van der Waals surface area contributed by atoms with Gasteiger partial charge in [0.2, 0.25) is 0 Å². The minimum absolute atomic E-state index is 0.173. The summed E-state index contributed by atoms with van der Waals surface area (Å²) in [6.07, 6.45) is 1.95. The Morgan fingerprint density at radius 1 is 1.25 bits per heavy atom. The van der Waals surface area contributed by atoms with Crippen LogP contribution in [0.3, 0.4) is 0 Å². The summed E-state index contributed by atoms with van der Waals surface area (Å²) in [5.41, 5.74) is 1.24. The summed E-state index contributed by atoms with van der Waals surface area (Å²) >= 11 is 0. The van der Waals surface area contributed by atoms with Crippen LogP contribution in [0.15, 0.2) is 30.3 Å². The van der Waals surface area contributed by atoms with Crippen molar-refractivity contribution in [1.82, 2.24) is 25.1 Å². The lowest BCUT2D eigenvalue weighted by Gasteiger charge is -2.28. The normalized spacial score (nSPS) is 23.3. The van der Waals surface area contributed by atoms with Gasteiger partial charge in [0.1, 0.15) is 0 Å². The van der Waals surface area contributed by atoms with Crippen molar-refractivity contribution in [2.24, 2.45) is 7.05 Å². The molecule has 20 heavy (non-hydrogen) atoms. The summed E-state index contributed by atoms with van der Waals surface area (Å²) in [6.45, 7) is 0.984. The van der Waals surface area contributed by atoms with Crippen LogP contribution in [0.25, 0.3) is 0 Å². The van der Waals surface area contributed by atoms with Crippen LogP contribution in [0.5, 0.6) is 0 Å². The van der Waals surface area contributed by atoms with E-state index in [1.165, 1.54) is 5.56 Å². The molecule has 0 bridgehead atoms. The molecule has 1 N–H and O–H groups in total. The lowest BCUT2D eigenvalue weighted by molar-refractivity contribution is 0.117. The first-order valence-corrected chi connectivity index (χ1v) is 6.92. The quantitative estimate of drug-likeness (QED) is 0.897. The van der Waals surface area contributed by atoms with Crippen LogP contribution in [0.2, 0.25) is 0 Å². The number of nitrogens with zero attached hydrogens (tertiary/aromatic N) is 5. The van der Waals surface area contributed by atoms with Crippen molar-refractivity contribution in [3.8, 4) is 0 Å². The van der Waals surface area contributed by atoms with Gasteiger partial charge in [-0.3, -0.25) is 4.90 Å². The molecule has 0 unspecified atom stereocenters. The summed E-state index contributed by atoms with van der Waals surface area (Å²) < 4.78 is 1.72. The van der Waals surface area contributed by atoms with Gasteiger partial charge in [-0.25, -0.2) is 4.68 Å². The van der Waals surface area contributed by atoms with E-state index in [1.807, 2.05) is 25.2 Å². The Morgan fingerprint density at radius 3 is 2.70 bits per heavy atom. The van der Waals surface area contributed by atoms with Gasteiger partial charge in [0.25, 0.3) is 0 Å². The number of hydrogen-bond donors (Lipinski definition) is 1. The first kappa shape index (κ1) is 13.2. The maximum absolute atomic E-state index is 9.60. The average Bonchev–Trinajstić information content (AvgIpc) is 3.06. The predicted octanol–water partition coefficient (Wildman–Crippen LogP) is 0.908. The van der Waals surface area contributed by atoms with Crippen molar-refractivity contribution >= 4 is 0 Å². The Hall–Kier alpha value is -1.79. The highest BCUT2D eigenvalue weighted by Gasteiger charge is 2.36. The van der Waals surface area contributed by atoms with Gasteiger partial charge in [-0.15, -0.1) is 5.10 Å². The SMILES string of the molecule is Cn1nnnc1[C@H]1CC[C@@H](CO)N1Cc1ccccc1. The van der Waals surface area contributed by atoms with E-state index in [0.717, 1.165) is 25.2 Å². The van der Waals surface area contributed by atoms with Crippen LogP contribution in [0.1, 0.15) is 30.3 Å². The second kappa shape index (κ2) is 5.68. The Morgan fingerprint density at radius 2 is 2.05 bits per heavy atom. The highest BCUT2D eigenvalue weighted by molar-refractivity contribution is 5.15. The van der Waals surface area contributed by atoms with E-state index in [1.54, 1.807) is 4.68 Å². The molecule has 6 heteroatoms. The standard InChI is InChI=1S/C14H19N5O/c1-18-14(15-16-17-18)13-8-7-12(10-20)19(13)9-11-5-3-2-4-6-11/h2-6,12-13,20H,7-10H2,1H3/t12-,13+/m0/s1. The van der Waals surface area contributed by atoms with E-state index in [4.69, 9.17) is 0 Å². The molecule has 3 rings (SSSR count). The number of likely N-dealkylation sites (tertiary alicyclic amines) is 1. The Balaban J connectivity index is 1.85. The third-order valence-corrected chi connectivity index (χ3v) is 4.01. The fourth-order valence-corrected chi connectivity index (χ4v) is 2.96. The van der Waals surface area contributed by atoms with E-state index < -0.39 is 0 Å². The third-order valence-electron chi connectivity index (χ3n) is 4.01. The van der Waals surface area contributed by atoms with Crippen molar-refractivity contribution in [2.45, 2.75) is 31.5 Å². The molecule has 1 aliphatic rings. The predicted molar refractivity (Wildman–Crippen MR) is 73.6 cm³/mol. The van der Waals surface area contributed by atoms with Gasteiger partial charge in [0, 0.05) is 19.6 Å². The molecule has 1 saturated heterocycles. The Bertz CT molecular complexity index is 556. The van der Waals surface area contributed by atoms with Crippen LogP contribution in [0, 0.1) is 0 Å². The molecule has 6 nitrogen and oxygen atoms in total. The maximum atomic E-state index is 9.60. The smallest absolute Gasteiger partial charge is 0.168 e. The molecule has 0 aliphatic carbocycles. The van der Waals surface area contributed by atoms with Crippen molar-refractivity contribution < 1.29 is 5.11 Å². The monoisotopic (exact) mass is 273 g/mol. The van der Waals surface area contributed by atoms with Crippen LogP contribution in [-0.2, 0) is 13.6 Å². The van der Waals surface area contributed by atoms with Crippen molar-refractivity contribution in [1.29, 1.82) is 0 Å². The number of aryl methyl sites for hydroxylation is 1. The fourth-order valence-electron chi connectivity index (χ4n) is 2.96. The molecule has 0 radical (unpaired) electrons. The molecular weight excluding hydrogens is 254 g/mol.